The van der Waals surface area contributed by atoms with E-state index in [0.29, 0.717) is 17.8 Å². The molecule has 3 aromatic rings. The molecule has 7 heteroatoms. The molecule has 0 fully saturated rings. The van der Waals surface area contributed by atoms with Crippen LogP contribution in [-0.2, 0) is 16.0 Å². The van der Waals surface area contributed by atoms with Crippen LogP contribution in [0.25, 0.3) is 0 Å². The lowest BCUT2D eigenvalue weighted by atomic mass is 10.0. The molecule has 3 amide bonds. The first-order valence-corrected chi connectivity index (χ1v) is 11.7. The zero-order valence-corrected chi connectivity index (χ0v) is 19.9. The Kier molecular flexibility index (Phi) is 7.45. The number of anilines is 2. The second-order valence-corrected chi connectivity index (χ2v) is 8.49. The van der Waals surface area contributed by atoms with Crippen LogP contribution in [0.1, 0.15) is 46.4 Å². The van der Waals surface area contributed by atoms with Crippen LogP contribution < -0.4 is 15.5 Å². The van der Waals surface area contributed by atoms with Crippen molar-refractivity contribution in [1.82, 2.24) is 5.32 Å². The third-order valence-electron chi connectivity index (χ3n) is 5.97. The lowest BCUT2D eigenvalue weighted by Gasteiger charge is -2.20. The molecule has 0 unspecified atom stereocenters. The summed E-state index contributed by atoms with van der Waals surface area (Å²) >= 11 is 0. The van der Waals surface area contributed by atoms with Gasteiger partial charge in [-0.3, -0.25) is 9.59 Å². The lowest BCUT2D eigenvalue weighted by molar-refractivity contribution is -0.143. The number of fused-ring (bicyclic) bond motifs is 1. The molecule has 1 aliphatic heterocycles. The van der Waals surface area contributed by atoms with Gasteiger partial charge in [0.05, 0.1) is 19.1 Å². The number of rotatable bonds is 7. The predicted octanol–water partition coefficient (Wildman–Crippen LogP) is 5.01. The molecule has 35 heavy (non-hydrogen) atoms. The molecule has 1 atom stereocenters. The van der Waals surface area contributed by atoms with E-state index < -0.39 is 12.1 Å². The second kappa shape index (κ2) is 10.9. The number of esters is 1. The maximum atomic E-state index is 13.1. The van der Waals surface area contributed by atoms with E-state index in [-0.39, 0.29) is 24.9 Å². The minimum atomic E-state index is -0.538. The van der Waals surface area contributed by atoms with E-state index in [0.717, 1.165) is 28.8 Å². The number of aryl methyl sites for hydroxylation is 1. The van der Waals surface area contributed by atoms with E-state index in [1.165, 1.54) is 0 Å². The Balaban J connectivity index is 1.47. The van der Waals surface area contributed by atoms with Gasteiger partial charge in [0.1, 0.15) is 0 Å². The van der Waals surface area contributed by atoms with Gasteiger partial charge in [-0.15, -0.1) is 0 Å². The normalized spacial score (nSPS) is 13.0. The van der Waals surface area contributed by atoms with Crippen molar-refractivity contribution < 1.29 is 19.1 Å². The van der Waals surface area contributed by atoms with Gasteiger partial charge in [0.15, 0.2) is 0 Å². The SMILES string of the molecule is CCOC(=O)C[C@H](NC(=O)Nc1ccc2c(c1)N(C(=O)c1ccc(C)cc1)CC2)c1ccccc1. The maximum absolute atomic E-state index is 13.1. The first-order valence-electron chi connectivity index (χ1n) is 11.7. The summed E-state index contributed by atoms with van der Waals surface area (Å²) < 4.78 is 5.07. The highest BCUT2D eigenvalue weighted by atomic mass is 16.5. The molecule has 1 aliphatic rings. The van der Waals surface area contributed by atoms with E-state index in [4.69, 9.17) is 4.74 Å². The quantitative estimate of drug-likeness (QED) is 0.474. The van der Waals surface area contributed by atoms with Crippen molar-refractivity contribution >= 4 is 29.3 Å². The van der Waals surface area contributed by atoms with Crippen LogP contribution in [0.4, 0.5) is 16.2 Å². The standard InChI is InChI=1S/C28H29N3O4/c1-3-35-26(32)18-24(20-7-5-4-6-8-20)30-28(34)29-23-14-13-21-15-16-31(25(21)17-23)27(33)22-11-9-19(2)10-12-22/h4-14,17,24H,3,15-16,18H2,1-2H3,(H2,29,30,34)/t24-/m0/s1. The zero-order chi connectivity index (χ0) is 24.8. The Hall–Kier alpha value is -4.13. The highest BCUT2D eigenvalue weighted by Crippen LogP contribution is 2.32. The molecular formula is C28H29N3O4. The first-order chi connectivity index (χ1) is 16.9. The van der Waals surface area contributed by atoms with Gasteiger partial charge in [-0.25, -0.2) is 4.79 Å². The molecule has 7 nitrogen and oxygen atoms in total. The first kappa shape index (κ1) is 24.0. The van der Waals surface area contributed by atoms with E-state index in [1.54, 1.807) is 11.8 Å². The number of hydrogen-bond acceptors (Lipinski definition) is 4. The summed E-state index contributed by atoms with van der Waals surface area (Å²) in [6, 6.07) is 21.4. The molecule has 180 valence electrons. The summed E-state index contributed by atoms with van der Waals surface area (Å²) in [5.74, 6) is -0.451. The number of carbonyl (C=O) groups is 3. The van der Waals surface area contributed by atoms with Crippen LogP contribution in [-0.4, -0.2) is 31.1 Å². The molecule has 4 rings (SSSR count). The molecule has 2 N–H and O–H groups in total. The highest BCUT2D eigenvalue weighted by Gasteiger charge is 2.26. The Bertz CT molecular complexity index is 1210. The Morgan fingerprint density at radius 1 is 1.00 bits per heavy atom. The van der Waals surface area contributed by atoms with Crippen LogP contribution in [0.3, 0.4) is 0 Å². The highest BCUT2D eigenvalue weighted by molar-refractivity contribution is 6.07. The smallest absolute Gasteiger partial charge is 0.319 e. The average molecular weight is 472 g/mol. The predicted molar refractivity (Wildman–Crippen MR) is 136 cm³/mol. The van der Waals surface area contributed by atoms with Crippen molar-refractivity contribution in [2.75, 3.05) is 23.4 Å². The molecule has 0 bridgehead atoms. The third-order valence-corrected chi connectivity index (χ3v) is 5.97. The van der Waals surface area contributed by atoms with Gasteiger partial charge in [-0.2, -0.15) is 0 Å². The Morgan fingerprint density at radius 2 is 1.74 bits per heavy atom. The van der Waals surface area contributed by atoms with Crippen LogP contribution in [0, 0.1) is 6.92 Å². The molecule has 0 aliphatic carbocycles. The van der Waals surface area contributed by atoms with Gasteiger partial charge in [0.25, 0.3) is 5.91 Å². The van der Waals surface area contributed by atoms with Crippen molar-refractivity contribution in [3.8, 4) is 0 Å². The fraction of sp³-hybridized carbons (Fsp3) is 0.250. The summed E-state index contributed by atoms with van der Waals surface area (Å²) in [6.45, 7) is 4.60. The lowest BCUT2D eigenvalue weighted by Crippen LogP contribution is -2.34. The number of carbonyl (C=O) groups excluding carboxylic acids is 3. The molecule has 3 aromatic carbocycles. The number of amides is 3. The van der Waals surface area contributed by atoms with Gasteiger partial charge in [-0.1, -0.05) is 54.1 Å². The fourth-order valence-corrected chi connectivity index (χ4v) is 4.17. The minimum absolute atomic E-state index is 0.0221. The minimum Gasteiger partial charge on any atom is -0.466 e. The topological polar surface area (TPSA) is 87.7 Å². The summed E-state index contributed by atoms with van der Waals surface area (Å²) in [5, 5.41) is 5.72. The molecule has 1 heterocycles. The van der Waals surface area contributed by atoms with Crippen molar-refractivity contribution in [2.24, 2.45) is 0 Å². The monoisotopic (exact) mass is 471 g/mol. The van der Waals surface area contributed by atoms with Crippen molar-refractivity contribution in [3.63, 3.8) is 0 Å². The molecule has 0 radical (unpaired) electrons. The van der Waals surface area contributed by atoms with Crippen LogP contribution in [0.2, 0.25) is 0 Å². The molecule has 0 saturated heterocycles. The van der Waals surface area contributed by atoms with Crippen molar-refractivity contribution in [3.05, 3.63) is 95.1 Å². The Morgan fingerprint density at radius 3 is 2.46 bits per heavy atom. The van der Waals surface area contributed by atoms with E-state index in [9.17, 15) is 14.4 Å². The number of ether oxygens (including phenoxy) is 1. The van der Waals surface area contributed by atoms with Crippen molar-refractivity contribution in [2.45, 2.75) is 32.7 Å². The molecule has 0 spiro atoms. The number of nitrogens with zero attached hydrogens (tertiary/aromatic N) is 1. The molecular weight excluding hydrogens is 442 g/mol. The van der Waals surface area contributed by atoms with E-state index >= 15 is 0 Å². The van der Waals surface area contributed by atoms with Crippen LogP contribution in [0.15, 0.2) is 72.8 Å². The second-order valence-electron chi connectivity index (χ2n) is 8.49. The Labute approximate surface area is 205 Å². The number of hydrogen-bond donors (Lipinski definition) is 2. The fourth-order valence-electron chi connectivity index (χ4n) is 4.17. The molecule has 0 saturated carbocycles. The van der Waals surface area contributed by atoms with Crippen LogP contribution >= 0.6 is 0 Å². The van der Waals surface area contributed by atoms with E-state index in [2.05, 4.69) is 10.6 Å². The third kappa shape index (κ3) is 5.87. The number of urea groups is 1. The maximum Gasteiger partial charge on any atom is 0.319 e. The van der Waals surface area contributed by atoms with E-state index in [1.807, 2.05) is 79.7 Å². The van der Waals surface area contributed by atoms with Crippen LogP contribution in [0.5, 0.6) is 0 Å². The van der Waals surface area contributed by atoms with Gasteiger partial charge in [0.2, 0.25) is 0 Å². The summed E-state index contributed by atoms with van der Waals surface area (Å²) in [4.78, 5) is 39.8. The zero-order valence-electron chi connectivity index (χ0n) is 19.9. The largest absolute Gasteiger partial charge is 0.466 e. The summed E-state index contributed by atoms with van der Waals surface area (Å²) in [7, 11) is 0. The van der Waals surface area contributed by atoms with Gasteiger partial charge in [0, 0.05) is 23.5 Å². The number of benzene rings is 3. The summed E-state index contributed by atoms with van der Waals surface area (Å²) in [5.41, 5.74) is 4.94. The number of nitrogens with one attached hydrogen (secondary N) is 2. The van der Waals surface area contributed by atoms with Gasteiger partial charge in [-0.05, 0) is 55.7 Å². The van der Waals surface area contributed by atoms with Gasteiger partial charge < -0.3 is 20.3 Å². The molecule has 0 aromatic heterocycles. The van der Waals surface area contributed by atoms with Gasteiger partial charge >= 0.3 is 12.0 Å². The average Bonchev–Trinajstić information content (AvgIpc) is 3.27. The summed E-state index contributed by atoms with van der Waals surface area (Å²) in [6.07, 6.45) is 0.781. The van der Waals surface area contributed by atoms with Crippen molar-refractivity contribution in [1.29, 1.82) is 0 Å².